The van der Waals surface area contributed by atoms with Crippen molar-refractivity contribution in [2.45, 2.75) is 19.9 Å². The van der Waals surface area contributed by atoms with Crippen molar-refractivity contribution in [1.29, 1.82) is 0 Å². The smallest absolute Gasteiger partial charge is 0.0363 e. The molecule has 78 valence electrons. The van der Waals surface area contributed by atoms with Crippen LogP contribution in [0.15, 0.2) is 0 Å². The quantitative estimate of drug-likeness (QED) is 0.702. The first-order chi connectivity index (χ1) is 6.18. The Bertz CT molecular complexity index is 163. The molecule has 0 aliphatic carbocycles. The van der Waals surface area contributed by atoms with E-state index in [2.05, 4.69) is 24.1 Å². The molecule has 13 heavy (non-hydrogen) atoms. The van der Waals surface area contributed by atoms with E-state index < -0.39 is 10.8 Å². The Morgan fingerprint density at radius 3 is 2.54 bits per heavy atom. The first-order valence-electron chi connectivity index (χ1n) is 4.99. The van der Waals surface area contributed by atoms with Gasteiger partial charge in [-0.3, -0.25) is 4.21 Å². The van der Waals surface area contributed by atoms with Crippen LogP contribution in [0, 0.1) is 0 Å². The van der Waals surface area contributed by atoms with E-state index in [0.717, 1.165) is 37.7 Å². The van der Waals surface area contributed by atoms with Gasteiger partial charge in [0, 0.05) is 54.5 Å². The van der Waals surface area contributed by atoms with Crippen molar-refractivity contribution in [2.24, 2.45) is 0 Å². The van der Waals surface area contributed by atoms with E-state index >= 15 is 0 Å². The first-order valence-corrected chi connectivity index (χ1v) is 6.48. The van der Waals surface area contributed by atoms with E-state index in [4.69, 9.17) is 0 Å². The zero-order valence-corrected chi connectivity index (χ0v) is 9.40. The van der Waals surface area contributed by atoms with Crippen LogP contribution >= 0.6 is 0 Å². The Morgan fingerprint density at radius 1 is 1.38 bits per heavy atom. The van der Waals surface area contributed by atoms with Gasteiger partial charge in [0.1, 0.15) is 0 Å². The highest BCUT2D eigenvalue weighted by Gasteiger charge is 2.13. The lowest BCUT2D eigenvalue weighted by atomic mass is 10.4. The average Bonchev–Trinajstić information content (AvgIpc) is 2.08. The predicted molar refractivity (Wildman–Crippen MR) is 57.5 cm³/mol. The molecule has 1 aliphatic heterocycles. The van der Waals surface area contributed by atoms with Crippen molar-refractivity contribution in [3.63, 3.8) is 0 Å². The van der Waals surface area contributed by atoms with E-state index in [0.29, 0.717) is 6.04 Å². The van der Waals surface area contributed by atoms with Crippen molar-refractivity contribution in [3.05, 3.63) is 0 Å². The Hall–Kier alpha value is 0.0700. The normalized spacial score (nSPS) is 21.2. The molecular formula is C9H20N2OS. The van der Waals surface area contributed by atoms with Crippen LogP contribution in [0.1, 0.15) is 13.8 Å². The molecule has 1 fully saturated rings. The summed E-state index contributed by atoms with van der Waals surface area (Å²) in [5.74, 6) is 1.73. The molecule has 0 saturated carbocycles. The van der Waals surface area contributed by atoms with Crippen LogP contribution in [-0.4, -0.2) is 52.8 Å². The van der Waals surface area contributed by atoms with Crippen molar-refractivity contribution in [1.82, 2.24) is 10.2 Å². The van der Waals surface area contributed by atoms with Crippen molar-refractivity contribution >= 4 is 10.8 Å². The number of nitrogens with one attached hydrogen (secondary N) is 1. The van der Waals surface area contributed by atoms with E-state index in [1.165, 1.54) is 0 Å². The Kier molecular flexibility index (Phi) is 4.91. The van der Waals surface area contributed by atoms with Crippen LogP contribution in [-0.2, 0) is 10.8 Å². The van der Waals surface area contributed by atoms with Gasteiger partial charge in [-0.25, -0.2) is 0 Å². The van der Waals surface area contributed by atoms with Gasteiger partial charge in [0.2, 0.25) is 0 Å². The third-order valence-electron chi connectivity index (χ3n) is 2.25. The highest BCUT2D eigenvalue weighted by Crippen LogP contribution is 1.98. The molecule has 0 amide bonds. The lowest BCUT2D eigenvalue weighted by Crippen LogP contribution is -2.42. The fraction of sp³-hybridized carbons (Fsp3) is 1.00. The summed E-state index contributed by atoms with van der Waals surface area (Å²) in [5, 5.41) is 3.39. The molecule has 0 aromatic rings. The molecule has 1 N–H and O–H groups in total. The second-order valence-electron chi connectivity index (χ2n) is 3.80. The van der Waals surface area contributed by atoms with E-state index in [1.54, 1.807) is 0 Å². The molecule has 1 saturated heterocycles. The average molecular weight is 204 g/mol. The number of rotatable bonds is 4. The SMILES string of the molecule is CC(C)NCCN1CCS(=O)CC1. The van der Waals surface area contributed by atoms with Gasteiger partial charge in [0.05, 0.1) is 0 Å². The van der Waals surface area contributed by atoms with E-state index in [-0.39, 0.29) is 0 Å². The summed E-state index contributed by atoms with van der Waals surface area (Å²) in [5.41, 5.74) is 0. The van der Waals surface area contributed by atoms with Gasteiger partial charge in [-0.2, -0.15) is 0 Å². The summed E-state index contributed by atoms with van der Waals surface area (Å²) in [4.78, 5) is 2.39. The van der Waals surface area contributed by atoms with Crippen LogP contribution in [0.2, 0.25) is 0 Å². The van der Waals surface area contributed by atoms with Crippen molar-refractivity contribution < 1.29 is 4.21 Å². The molecule has 4 heteroatoms. The summed E-state index contributed by atoms with van der Waals surface area (Å²) >= 11 is 0. The van der Waals surface area contributed by atoms with Crippen molar-refractivity contribution in [2.75, 3.05) is 37.7 Å². The second kappa shape index (κ2) is 5.73. The predicted octanol–water partition coefficient (Wildman–Crippen LogP) is 0.0487. The Morgan fingerprint density at radius 2 is 2.00 bits per heavy atom. The highest BCUT2D eigenvalue weighted by molar-refractivity contribution is 7.85. The molecule has 0 atom stereocenters. The maximum Gasteiger partial charge on any atom is 0.0363 e. The molecule has 0 bridgehead atoms. The Balaban J connectivity index is 2.05. The van der Waals surface area contributed by atoms with Gasteiger partial charge >= 0.3 is 0 Å². The molecule has 1 heterocycles. The highest BCUT2D eigenvalue weighted by atomic mass is 32.2. The molecule has 0 radical (unpaired) electrons. The maximum absolute atomic E-state index is 11.1. The van der Waals surface area contributed by atoms with Gasteiger partial charge in [0.25, 0.3) is 0 Å². The largest absolute Gasteiger partial charge is 0.313 e. The fourth-order valence-electron chi connectivity index (χ4n) is 1.41. The maximum atomic E-state index is 11.1. The molecule has 1 aliphatic rings. The van der Waals surface area contributed by atoms with Crippen LogP contribution in [0.4, 0.5) is 0 Å². The van der Waals surface area contributed by atoms with Gasteiger partial charge in [0.15, 0.2) is 0 Å². The zero-order chi connectivity index (χ0) is 9.68. The molecule has 0 aromatic carbocycles. The van der Waals surface area contributed by atoms with Gasteiger partial charge < -0.3 is 10.2 Å². The lowest BCUT2D eigenvalue weighted by Gasteiger charge is -2.26. The summed E-state index contributed by atoms with van der Waals surface area (Å²) in [6, 6.07) is 0.568. The summed E-state index contributed by atoms with van der Waals surface area (Å²) < 4.78 is 11.1. The lowest BCUT2D eigenvalue weighted by molar-refractivity contribution is 0.295. The first kappa shape index (κ1) is 11.1. The minimum absolute atomic E-state index is 0.537. The molecule has 0 spiro atoms. The molecule has 0 aromatic heterocycles. The standard InChI is InChI=1S/C9H20N2OS/c1-9(2)10-3-4-11-5-7-13(12)8-6-11/h9-10H,3-8H2,1-2H3. The number of hydrogen-bond donors (Lipinski definition) is 1. The van der Waals surface area contributed by atoms with Crippen LogP contribution in [0.5, 0.6) is 0 Å². The van der Waals surface area contributed by atoms with Gasteiger partial charge in [-0.15, -0.1) is 0 Å². The van der Waals surface area contributed by atoms with Gasteiger partial charge in [-0.1, -0.05) is 13.8 Å². The molecular weight excluding hydrogens is 184 g/mol. The topological polar surface area (TPSA) is 32.3 Å². The summed E-state index contributed by atoms with van der Waals surface area (Å²) in [7, 11) is -0.537. The van der Waals surface area contributed by atoms with E-state index in [1.807, 2.05) is 0 Å². The number of hydrogen-bond acceptors (Lipinski definition) is 3. The van der Waals surface area contributed by atoms with Crippen LogP contribution < -0.4 is 5.32 Å². The minimum atomic E-state index is -0.537. The van der Waals surface area contributed by atoms with E-state index in [9.17, 15) is 4.21 Å². The van der Waals surface area contributed by atoms with Crippen molar-refractivity contribution in [3.8, 4) is 0 Å². The molecule has 0 unspecified atom stereocenters. The minimum Gasteiger partial charge on any atom is -0.313 e. The fourth-order valence-corrected chi connectivity index (χ4v) is 2.54. The Labute approximate surface area is 83.3 Å². The summed E-state index contributed by atoms with van der Waals surface area (Å²) in [6.07, 6.45) is 0. The second-order valence-corrected chi connectivity index (χ2v) is 5.49. The third-order valence-corrected chi connectivity index (χ3v) is 3.53. The molecule has 1 rings (SSSR count). The molecule has 3 nitrogen and oxygen atoms in total. The van der Waals surface area contributed by atoms with Gasteiger partial charge in [-0.05, 0) is 0 Å². The summed E-state index contributed by atoms with van der Waals surface area (Å²) in [6.45, 7) is 8.47. The van der Waals surface area contributed by atoms with Crippen LogP contribution in [0.3, 0.4) is 0 Å². The monoisotopic (exact) mass is 204 g/mol. The third kappa shape index (κ3) is 4.74. The van der Waals surface area contributed by atoms with Crippen LogP contribution in [0.25, 0.3) is 0 Å². The zero-order valence-electron chi connectivity index (χ0n) is 8.58. The number of nitrogens with zero attached hydrogens (tertiary/aromatic N) is 1.